The van der Waals surface area contributed by atoms with Crippen LogP contribution in [-0.4, -0.2) is 37.9 Å². The molecule has 1 aliphatic heterocycles. The maximum absolute atomic E-state index is 12.5. The first-order valence-corrected chi connectivity index (χ1v) is 8.35. The minimum absolute atomic E-state index is 0.0209. The molecule has 0 saturated carbocycles. The van der Waals surface area contributed by atoms with E-state index in [1.54, 1.807) is 19.1 Å². The van der Waals surface area contributed by atoms with Crippen LogP contribution in [0.3, 0.4) is 0 Å². The summed E-state index contributed by atoms with van der Waals surface area (Å²) in [5.74, 6) is -0.247. The van der Waals surface area contributed by atoms with E-state index in [4.69, 9.17) is 0 Å². The standard InChI is InChI=1S/C18H22N4O3/c1-6-22-10(4)19-14-12(22)8-7-11(16(23)24)13(14)15-20-17(25)18(5,21-15)9(2)3/h7-9H,6H2,1-5H3,(H,23,24)(H,20,21,25). The molecule has 2 heterocycles. The number of hydrogen-bond donors (Lipinski definition) is 2. The Morgan fingerprint density at radius 2 is 2.08 bits per heavy atom. The molecule has 7 nitrogen and oxygen atoms in total. The number of benzene rings is 1. The van der Waals surface area contributed by atoms with Crippen molar-refractivity contribution in [3.63, 3.8) is 0 Å². The number of hydrogen-bond acceptors (Lipinski definition) is 4. The van der Waals surface area contributed by atoms with Crippen LogP contribution < -0.4 is 5.32 Å². The minimum Gasteiger partial charge on any atom is -0.478 e. The molecule has 1 aliphatic rings. The molecule has 1 unspecified atom stereocenters. The Morgan fingerprint density at radius 1 is 1.40 bits per heavy atom. The van der Waals surface area contributed by atoms with Gasteiger partial charge in [-0.15, -0.1) is 0 Å². The summed E-state index contributed by atoms with van der Waals surface area (Å²) in [7, 11) is 0. The quantitative estimate of drug-likeness (QED) is 0.891. The number of rotatable bonds is 4. The molecule has 0 saturated heterocycles. The number of amides is 1. The van der Waals surface area contributed by atoms with E-state index in [9.17, 15) is 14.7 Å². The number of aliphatic imine (C=N–C) groups is 1. The SMILES string of the molecule is CCn1c(C)nc2c(C3=NC(C)(C(C)C)C(=O)N3)c(C(=O)O)ccc21. The number of aromatic carboxylic acids is 1. The van der Waals surface area contributed by atoms with E-state index in [0.717, 1.165) is 17.9 Å². The van der Waals surface area contributed by atoms with E-state index in [1.165, 1.54) is 0 Å². The van der Waals surface area contributed by atoms with Crippen molar-refractivity contribution in [2.45, 2.75) is 46.7 Å². The van der Waals surface area contributed by atoms with Crippen LogP contribution in [0.5, 0.6) is 0 Å². The Balaban J connectivity index is 2.33. The van der Waals surface area contributed by atoms with Gasteiger partial charge in [0.1, 0.15) is 22.7 Å². The van der Waals surface area contributed by atoms with Crippen LogP contribution in [0, 0.1) is 12.8 Å². The maximum Gasteiger partial charge on any atom is 0.336 e. The Morgan fingerprint density at radius 3 is 2.60 bits per heavy atom. The normalized spacial score (nSPS) is 20.2. The Kier molecular flexibility index (Phi) is 3.89. The number of amidine groups is 1. The third kappa shape index (κ3) is 2.42. The van der Waals surface area contributed by atoms with Gasteiger partial charge < -0.3 is 15.0 Å². The number of carboxylic acids is 1. The summed E-state index contributed by atoms with van der Waals surface area (Å²) in [6.45, 7) is 10.2. The van der Waals surface area contributed by atoms with Crippen LogP contribution >= 0.6 is 0 Å². The second-order valence-electron chi connectivity index (χ2n) is 6.78. The first-order valence-electron chi connectivity index (χ1n) is 8.35. The van der Waals surface area contributed by atoms with Crippen molar-refractivity contribution in [1.82, 2.24) is 14.9 Å². The molecule has 0 fully saturated rings. The van der Waals surface area contributed by atoms with Gasteiger partial charge in [0.05, 0.1) is 16.6 Å². The highest BCUT2D eigenvalue weighted by atomic mass is 16.4. The zero-order valence-electron chi connectivity index (χ0n) is 15.0. The van der Waals surface area contributed by atoms with Crippen molar-refractivity contribution < 1.29 is 14.7 Å². The summed E-state index contributed by atoms with van der Waals surface area (Å²) in [5.41, 5.74) is 0.912. The van der Waals surface area contributed by atoms with Crippen molar-refractivity contribution in [2.24, 2.45) is 10.9 Å². The predicted octanol–water partition coefficient (Wildman–Crippen LogP) is 2.35. The molecular weight excluding hydrogens is 320 g/mol. The van der Waals surface area contributed by atoms with Crippen LogP contribution in [0.25, 0.3) is 11.0 Å². The first-order chi connectivity index (χ1) is 11.7. The molecule has 1 aromatic carbocycles. The lowest BCUT2D eigenvalue weighted by molar-refractivity contribution is -0.124. The van der Waals surface area contributed by atoms with E-state index in [2.05, 4.69) is 15.3 Å². The summed E-state index contributed by atoms with van der Waals surface area (Å²) in [6, 6.07) is 3.30. The van der Waals surface area contributed by atoms with Crippen LogP contribution in [-0.2, 0) is 11.3 Å². The van der Waals surface area contributed by atoms with Crippen molar-refractivity contribution in [2.75, 3.05) is 0 Å². The van der Waals surface area contributed by atoms with Gasteiger partial charge in [-0.1, -0.05) is 13.8 Å². The number of carbonyl (C=O) groups is 2. The molecule has 0 aliphatic carbocycles. The predicted molar refractivity (Wildman–Crippen MR) is 95.0 cm³/mol. The molecule has 0 radical (unpaired) electrons. The van der Waals surface area contributed by atoms with Crippen LogP contribution in [0.15, 0.2) is 17.1 Å². The van der Waals surface area contributed by atoms with E-state index in [-0.39, 0.29) is 23.2 Å². The Labute approximate surface area is 145 Å². The van der Waals surface area contributed by atoms with Gasteiger partial charge >= 0.3 is 5.97 Å². The maximum atomic E-state index is 12.5. The second-order valence-corrected chi connectivity index (χ2v) is 6.78. The summed E-state index contributed by atoms with van der Waals surface area (Å²) >= 11 is 0. The van der Waals surface area contributed by atoms with E-state index in [0.29, 0.717) is 11.1 Å². The molecule has 1 aromatic heterocycles. The monoisotopic (exact) mass is 342 g/mol. The van der Waals surface area contributed by atoms with Gasteiger partial charge in [-0.25, -0.2) is 9.78 Å². The lowest BCUT2D eigenvalue weighted by atomic mass is 9.89. The number of carbonyl (C=O) groups excluding carboxylic acids is 1. The van der Waals surface area contributed by atoms with E-state index >= 15 is 0 Å². The third-order valence-corrected chi connectivity index (χ3v) is 5.06. The largest absolute Gasteiger partial charge is 0.478 e. The van der Waals surface area contributed by atoms with Crippen molar-refractivity contribution in [1.29, 1.82) is 0 Å². The van der Waals surface area contributed by atoms with Gasteiger partial charge in [0.25, 0.3) is 5.91 Å². The van der Waals surface area contributed by atoms with Crippen LogP contribution in [0.4, 0.5) is 0 Å². The molecule has 2 N–H and O–H groups in total. The third-order valence-electron chi connectivity index (χ3n) is 5.06. The Hall–Kier alpha value is -2.70. The molecule has 2 aromatic rings. The molecule has 0 spiro atoms. The topological polar surface area (TPSA) is 96.6 Å². The van der Waals surface area contributed by atoms with Gasteiger partial charge in [-0.3, -0.25) is 9.79 Å². The molecule has 7 heteroatoms. The zero-order chi connectivity index (χ0) is 18.5. The van der Waals surface area contributed by atoms with E-state index < -0.39 is 11.5 Å². The summed E-state index contributed by atoms with van der Waals surface area (Å²) in [4.78, 5) is 33.4. The summed E-state index contributed by atoms with van der Waals surface area (Å²) in [6.07, 6.45) is 0. The van der Waals surface area contributed by atoms with Crippen molar-refractivity contribution in [3.05, 3.63) is 29.1 Å². The number of nitrogens with zero attached hydrogens (tertiary/aromatic N) is 3. The average Bonchev–Trinajstić information content (AvgIpc) is 3.02. The summed E-state index contributed by atoms with van der Waals surface area (Å²) < 4.78 is 2.00. The Bertz CT molecular complexity index is 926. The lowest BCUT2D eigenvalue weighted by Crippen LogP contribution is -2.41. The fourth-order valence-corrected chi connectivity index (χ4v) is 3.18. The molecule has 1 atom stereocenters. The number of aromatic nitrogens is 2. The molecule has 0 bridgehead atoms. The lowest BCUT2D eigenvalue weighted by Gasteiger charge is -2.21. The number of imidazole rings is 1. The molecule has 132 valence electrons. The molecule has 3 rings (SSSR count). The van der Waals surface area contributed by atoms with Gasteiger partial charge in [-0.05, 0) is 38.8 Å². The number of fused-ring (bicyclic) bond motifs is 1. The number of carboxylic acid groups (broad SMARTS) is 1. The fourth-order valence-electron chi connectivity index (χ4n) is 3.18. The van der Waals surface area contributed by atoms with Gasteiger partial charge in [0, 0.05) is 6.54 Å². The second kappa shape index (κ2) is 5.68. The van der Waals surface area contributed by atoms with Gasteiger partial charge in [0.15, 0.2) is 0 Å². The average molecular weight is 342 g/mol. The zero-order valence-corrected chi connectivity index (χ0v) is 15.0. The van der Waals surface area contributed by atoms with Gasteiger partial charge in [0.2, 0.25) is 0 Å². The smallest absolute Gasteiger partial charge is 0.336 e. The van der Waals surface area contributed by atoms with Crippen molar-refractivity contribution >= 4 is 28.7 Å². The van der Waals surface area contributed by atoms with Crippen molar-refractivity contribution in [3.8, 4) is 0 Å². The highest BCUT2D eigenvalue weighted by molar-refractivity contribution is 6.22. The van der Waals surface area contributed by atoms with E-state index in [1.807, 2.05) is 32.3 Å². The first kappa shape index (κ1) is 17.1. The summed E-state index contributed by atoms with van der Waals surface area (Å²) in [5, 5.41) is 12.4. The highest BCUT2D eigenvalue weighted by Crippen LogP contribution is 2.30. The molecule has 25 heavy (non-hydrogen) atoms. The minimum atomic E-state index is -1.07. The fraction of sp³-hybridized carbons (Fsp3) is 0.444. The highest BCUT2D eigenvalue weighted by Gasteiger charge is 2.43. The number of aryl methyl sites for hydroxylation is 2. The van der Waals surface area contributed by atoms with Crippen LogP contribution in [0.1, 0.15) is 49.4 Å². The van der Waals surface area contributed by atoms with Gasteiger partial charge in [-0.2, -0.15) is 0 Å². The molecular formula is C18H22N4O3. The van der Waals surface area contributed by atoms with Crippen LogP contribution in [0.2, 0.25) is 0 Å². The number of nitrogens with one attached hydrogen (secondary N) is 1. The molecule has 1 amide bonds.